The van der Waals surface area contributed by atoms with Gasteiger partial charge in [-0.2, -0.15) is 0 Å². The molecule has 2 aliphatic heterocycles. The number of aliphatic hydroxyl groups is 1. The van der Waals surface area contributed by atoms with E-state index >= 15 is 0 Å². The first-order valence-electron chi connectivity index (χ1n) is 14.7. The van der Waals surface area contributed by atoms with E-state index in [9.17, 15) is 19.5 Å². The van der Waals surface area contributed by atoms with E-state index in [-0.39, 0.29) is 31.8 Å². The van der Waals surface area contributed by atoms with Gasteiger partial charge in [0.05, 0.1) is 30.9 Å². The highest BCUT2D eigenvalue weighted by molar-refractivity contribution is 7.99. The number of rotatable bonds is 10. The number of nitrogens with zero attached hydrogens (tertiary/aromatic N) is 5. The molecule has 2 fully saturated rings. The summed E-state index contributed by atoms with van der Waals surface area (Å²) in [4.78, 5) is 39.4. The van der Waals surface area contributed by atoms with Crippen LogP contribution in [0.15, 0.2) is 84.0 Å². The van der Waals surface area contributed by atoms with Gasteiger partial charge in [-0.15, -0.1) is 5.10 Å². The molecule has 238 valence electrons. The second kappa shape index (κ2) is 14.2. The van der Waals surface area contributed by atoms with Crippen LogP contribution >= 0.6 is 11.8 Å². The average molecular weight is 645 g/mol. The number of benzene rings is 3. The van der Waals surface area contributed by atoms with Gasteiger partial charge in [0.2, 0.25) is 11.1 Å². The van der Waals surface area contributed by atoms with Crippen molar-refractivity contribution in [1.29, 1.82) is 0 Å². The molecule has 3 amide bonds. The van der Waals surface area contributed by atoms with E-state index in [2.05, 4.69) is 20.8 Å². The Labute approximate surface area is 268 Å². The number of imide groups is 1. The van der Waals surface area contributed by atoms with Crippen LogP contribution in [-0.2, 0) is 44.1 Å². The van der Waals surface area contributed by atoms with E-state index in [0.29, 0.717) is 28.6 Å². The van der Waals surface area contributed by atoms with Gasteiger partial charge in [0.1, 0.15) is 12.6 Å². The third-order valence-electron chi connectivity index (χ3n) is 7.67. The van der Waals surface area contributed by atoms with Crippen molar-refractivity contribution in [2.45, 2.75) is 55.8 Å². The third kappa shape index (κ3) is 7.26. The number of hydrogen-bond acceptors (Lipinski definition) is 11. The summed E-state index contributed by atoms with van der Waals surface area (Å²) >= 11 is 1.48. The van der Waals surface area contributed by atoms with E-state index in [4.69, 9.17) is 14.2 Å². The molecule has 4 aromatic rings. The molecular weight excluding hydrogens is 612 g/mol. The van der Waals surface area contributed by atoms with Crippen LogP contribution in [0.1, 0.15) is 47.5 Å². The number of ether oxygens (including phenoxy) is 3. The topological polar surface area (TPSA) is 158 Å². The monoisotopic (exact) mass is 644 g/mol. The highest BCUT2D eigenvalue weighted by Gasteiger charge is 2.41. The van der Waals surface area contributed by atoms with Gasteiger partial charge in [-0.05, 0) is 39.2 Å². The van der Waals surface area contributed by atoms with Gasteiger partial charge in [-0.1, -0.05) is 78.5 Å². The van der Waals surface area contributed by atoms with E-state index in [1.807, 2.05) is 54.6 Å². The van der Waals surface area contributed by atoms with Gasteiger partial charge in [0, 0.05) is 24.8 Å². The summed E-state index contributed by atoms with van der Waals surface area (Å²) in [5, 5.41) is 24.2. The fourth-order valence-corrected chi connectivity index (χ4v) is 6.10. The van der Waals surface area contributed by atoms with Gasteiger partial charge in [-0.3, -0.25) is 9.59 Å². The van der Waals surface area contributed by atoms with E-state index in [1.54, 1.807) is 36.0 Å². The molecule has 2 N–H and O–H groups in total. The minimum absolute atomic E-state index is 0.0454. The van der Waals surface area contributed by atoms with Crippen molar-refractivity contribution in [2.75, 3.05) is 10.7 Å². The standard InChI is InChI=1S/C32H32N6O7S/c1-37-31(34-35-36-37)46-19-25-15-27(22-9-7-20(17-39)8-10-22)45-30(44-25)23-11-13-24(14-12-23)38-28(40)16-26(29(38)41)33-32(42)43-18-21-5-3-2-4-6-21/h2-14,25-27,30,39H,15-19H2,1H3,(H,33,42). The Morgan fingerprint density at radius 1 is 1.00 bits per heavy atom. The molecule has 46 heavy (non-hydrogen) atoms. The first-order chi connectivity index (χ1) is 22.4. The lowest BCUT2D eigenvalue weighted by molar-refractivity contribution is -0.245. The van der Waals surface area contributed by atoms with Gasteiger partial charge < -0.3 is 24.6 Å². The highest BCUT2D eigenvalue weighted by atomic mass is 32.2. The number of nitrogens with one attached hydrogen (secondary N) is 1. The summed E-state index contributed by atoms with van der Waals surface area (Å²) in [6.45, 7) is -0.00409. The van der Waals surface area contributed by atoms with Crippen molar-refractivity contribution in [2.24, 2.45) is 7.05 Å². The fourth-order valence-electron chi connectivity index (χ4n) is 5.24. The van der Waals surface area contributed by atoms with Crippen molar-refractivity contribution < 1.29 is 33.7 Å². The molecule has 6 rings (SSSR count). The molecule has 4 atom stereocenters. The predicted octanol–water partition coefficient (Wildman–Crippen LogP) is 3.60. The number of aliphatic hydroxyl groups excluding tert-OH is 1. The van der Waals surface area contributed by atoms with Crippen LogP contribution in [0, 0.1) is 0 Å². The predicted molar refractivity (Wildman–Crippen MR) is 165 cm³/mol. The van der Waals surface area contributed by atoms with Crippen molar-refractivity contribution >= 4 is 35.4 Å². The van der Waals surface area contributed by atoms with Crippen LogP contribution in [0.2, 0.25) is 0 Å². The summed E-state index contributed by atoms with van der Waals surface area (Å²) in [7, 11) is 1.77. The zero-order valence-electron chi connectivity index (χ0n) is 24.9. The molecule has 0 spiro atoms. The number of amides is 3. The molecule has 1 aromatic heterocycles. The molecule has 0 saturated carbocycles. The summed E-state index contributed by atoms with van der Waals surface area (Å²) in [6.07, 6.45) is -1.59. The number of tetrazole rings is 1. The summed E-state index contributed by atoms with van der Waals surface area (Å²) in [5.41, 5.74) is 3.63. The Bertz CT molecular complexity index is 1670. The lowest BCUT2D eigenvalue weighted by Gasteiger charge is -2.36. The molecule has 0 bridgehead atoms. The van der Waals surface area contributed by atoms with Crippen molar-refractivity contribution in [3.05, 3.63) is 101 Å². The Morgan fingerprint density at radius 2 is 1.74 bits per heavy atom. The van der Waals surface area contributed by atoms with E-state index < -0.39 is 30.2 Å². The minimum atomic E-state index is -1.03. The zero-order valence-corrected chi connectivity index (χ0v) is 25.7. The second-order valence-electron chi connectivity index (χ2n) is 10.9. The largest absolute Gasteiger partial charge is 0.445 e. The van der Waals surface area contributed by atoms with Crippen LogP contribution in [-0.4, -0.2) is 61.1 Å². The molecule has 2 aliphatic rings. The van der Waals surface area contributed by atoms with E-state index in [1.165, 1.54) is 11.8 Å². The van der Waals surface area contributed by atoms with Gasteiger partial charge in [-0.25, -0.2) is 14.4 Å². The first-order valence-corrected chi connectivity index (χ1v) is 15.7. The Balaban J connectivity index is 1.12. The normalized spacial score (nSPS) is 21.4. The second-order valence-corrected chi connectivity index (χ2v) is 11.9. The molecule has 4 unspecified atom stereocenters. The highest BCUT2D eigenvalue weighted by Crippen LogP contribution is 2.39. The average Bonchev–Trinajstić information content (AvgIpc) is 3.63. The molecule has 13 nitrogen and oxygen atoms in total. The molecule has 2 saturated heterocycles. The number of aromatic nitrogens is 4. The number of carbonyl (C=O) groups excluding carboxylic acids is 3. The number of thioether (sulfide) groups is 1. The fraction of sp³-hybridized carbons (Fsp3) is 0.312. The Kier molecular flexibility index (Phi) is 9.68. The quantitative estimate of drug-likeness (QED) is 0.192. The number of aryl methyl sites for hydroxylation is 1. The molecule has 3 aromatic carbocycles. The van der Waals surface area contributed by atoms with Crippen molar-refractivity contribution in [3.63, 3.8) is 0 Å². The van der Waals surface area contributed by atoms with Crippen molar-refractivity contribution in [3.8, 4) is 0 Å². The Morgan fingerprint density at radius 3 is 2.43 bits per heavy atom. The number of hydrogen-bond donors (Lipinski definition) is 2. The van der Waals surface area contributed by atoms with Crippen LogP contribution < -0.4 is 10.2 Å². The van der Waals surface area contributed by atoms with Crippen LogP contribution in [0.5, 0.6) is 0 Å². The maximum atomic E-state index is 13.1. The zero-order chi connectivity index (χ0) is 32.0. The molecule has 0 aliphatic carbocycles. The molecular formula is C32H32N6O7S. The number of carbonyl (C=O) groups is 3. The molecule has 3 heterocycles. The number of anilines is 1. The maximum Gasteiger partial charge on any atom is 0.408 e. The minimum Gasteiger partial charge on any atom is -0.445 e. The summed E-state index contributed by atoms with van der Waals surface area (Å²) in [5.74, 6) is -0.393. The van der Waals surface area contributed by atoms with Crippen LogP contribution in [0.4, 0.5) is 10.5 Å². The first kappa shape index (κ1) is 31.4. The number of alkyl carbamates (subject to hydrolysis) is 1. The van der Waals surface area contributed by atoms with Gasteiger partial charge >= 0.3 is 6.09 Å². The summed E-state index contributed by atoms with van der Waals surface area (Å²) < 4.78 is 19.6. The van der Waals surface area contributed by atoms with Gasteiger partial charge in [0.25, 0.3) is 5.91 Å². The van der Waals surface area contributed by atoms with Crippen molar-refractivity contribution in [1.82, 2.24) is 25.5 Å². The lowest BCUT2D eigenvalue weighted by atomic mass is 10.0. The van der Waals surface area contributed by atoms with Crippen LogP contribution in [0.25, 0.3) is 0 Å². The lowest BCUT2D eigenvalue weighted by Crippen LogP contribution is -2.42. The van der Waals surface area contributed by atoms with E-state index in [0.717, 1.165) is 21.6 Å². The molecule has 14 heteroatoms. The Hall–Kier alpha value is -4.63. The third-order valence-corrected chi connectivity index (χ3v) is 8.81. The maximum absolute atomic E-state index is 13.1. The SMILES string of the molecule is Cn1nnnc1SCC1CC(c2ccc(CO)cc2)OC(c2ccc(N3C(=O)CC(NC(=O)OCc4ccccc4)C3=O)cc2)O1. The molecule has 0 radical (unpaired) electrons. The van der Waals surface area contributed by atoms with Gasteiger partial charge in [0.15, 0.2) is 6.29 Å². The smallest absolute Gasteiger partial charge is 0.408 e. The summed E-state index contributed by atoms with van der Waals surface area (Å²) in [6, 6.07) is 22.5. The van der Waals surface area contributed by atoms with Crippen LogP contribution in [0.3, 0.4) is 0 Å².